The van der Waals surface area contributed by atoms with E-state index in [1.54, 1.807) is 0 Å². The number of nitrogens with two attached hydrogens (primary N) is 1. The number of hydrogen-bond donors (Lipinski definition) is 2. The Morgan fingerprint density at radius 1 is 1.56 bits per heavy atom. The first kappa shape index (κ1) is 13.4. The molecule has 0 radical (unpaired) electrons. The molecule has 1 rings (SSSR count). The summed E-state index contributed by atoms with van der Waals surface area (Å²) >= 11 is 0. The van der Waals surface area contributed by atoms with Crippen LogP contribution < -0.4 is 11.1 Å². The van der Waals surface area contributed by atoms with Gasteiger partial charge in [-0.3, -0.25) is 4.79 Å². The van der Waals surface area contributed by atoms with Crippen molar-refractivity contribution in [3.05, 3.63) is 0 Å². The minimum atomic E-state index is -2.96. The number of carbonyl (C=O) groups is 1. The molecule has 1 fully saturated rings. The third kappa shape index (κ3) is 3.75. The van der Waals surface area contributed by atoms with Crippen molar-refractivity contribution in [3.63, 3.8) is 0 Å². The Morgan fingerprint density at radius 3 is 2.75 bits per heavy atom. The van der Waals surface area contributed by atoms with Gasteiger partial charge in [0.05, 0.1) is 11.0 Å². The fraction of sp³-hybridized carbons (Fsp3) is 0.900. The van der Waals surface area contributed by atoms with E-state index in [1.807, 2.05) is 6.92 Å². The Labute approximate surface area is 96.7 Å². The number of carbonyl (C=O) groups excluding carboxylic acids is 1. The van der Waals surface area contributed by atoms with Crippen LogP contribution in [0, 0.1) is 5.92 Å². The van der Waals surface area contributed by atoms with Gasteiger partial charge >= 0.3 is 0 Å². The molecule has 5 nitrogen and oxygen atoms in total. The Kier molecular flexibility index (Phi) is 4.73. The smallest absolute Gasteiger partial charge is 0.220 e. The number of sulfone groups is 1. The Bertz CT molecular complexity index is 340. The van der Waals surface area contributed by atoms with Gasteiger partial charge in [-0.15, -0.1) is 0 Å². The molecule has 0 spiro atoms. The van der Waals surface area contributed by atoms with Gasteiger partial charge in [0.2, 0.25) is 5.91 Å². The van der Waals surface area contributed by atoms with Crippen LogP contribution in [0.25, 0.3) is 0 Å². The maximum atomic E-state index is 11.5. The third-order valence-corrected chi connectivity index (χ3v) is 5.20. The molecular formula is C10H20N2O3S. The molecule has 0 aromatic heterocycles. The van der Waals surface area contributed by atoms with E-state index in [-0.39, 0.29) is 29.4 Å². The van der Waals surface area contributed by atoms with Gasteiger partial charge in [-0.2, -0.15) is 0 Å². The number of amides is 1. The maximum Gasteiger partial charge on any atom is 0.220 e. The van der Waals surface area contributed by atoms with E-state index >= 15 is 0 Å². The highest BCUT2D eigenvalue weighted by molar-refractivity contribution is 7.92. The number of rotatable bonds is 5. The van der Waals surface area contributed by atoms with Crippen LogP contribution in [-0.4, -0.2) is 38.4 Å². The van der Waals surface area contributed by atoms with Gasteiger partial charge in [-0.1, -0.05) is 6.92 Å². The second-order valence-electron chi connectivity index (χ2n) is 4.48. The molecule has 1 aliphatic rings. The lowest BCUT2D eigenvalue weighted by Crippen LogP contribution is -2.35. The lowest BCUT2D eigenvalue weighted by molar-refractivity contribution is -0.121. The van der Waals surface area contributed by atoms with Crippen LogP contribution in [0.4, 0.5) is 0 Å². The van der Waals surface area contributed by atoms with Crippen molar-refractivity contribution in [2.24, 2.45) is 11.7 Å². The van der Waals surface area contributed by atoms with Gasteiger partial charge in [0.1, 0.15) is 0 Å². The van der Waals surface area contributed by atoms with Crippen molar-refractivity contribution in [2.75, 3.05) is 18.8 Å². The second-order valence-corrected chi connectivity index (χ2v) is 6.88. The van der Waals surface area contributed by atoms with Gasteiger partial charge in [0.25, 0.3) is 0 Å². The monoisotopic (exact) mass is 248 g/mol. The molecule has 1 saturated heterocycles. The van der Waals surface area contributed by atoms with Gasteiger partial charge < -0.3 is 11.1 Å². The summed E-state index contributed by atoms with van der Waals surface area (Å²) in [4.78, 5) is 11.4. The average Bonchev–Trinajstić information content (AvgIpc) is 2.54. The zero-order chi connectivity index (χ0) is 12.2. The molecule has 16 heavy (non-hydrogen) atoms. The molecule has 3 N–H and O–H groups in total. The summed E-state index contributed by atoms with van der Waals surface area (Å²) in [6, 6.07) is 0. The van der Waals surface area contributed by atoms with Gasteiger partial charge in [0, 0.05) is 13.0 Å². The molecule has 0 aromatic carbocycles. The van der Waals surface area contributed by atoms with E-state index in [1.165, 1.54) is 0 Å². The van der Waals surface area contributed by atoms with Crippen molar-refractivity contribution in [3.8, 4) is 0 Å². The Morgan fingerprint density at radius 2 is 2.25 bits per heavy atom. The second kappa shape index (κ2) is 5.63. The fourth-order valence-electron chi connectivity index (χ4n) is 1.79. The average molecular weight is 248 g/mol. The standard InChI is InChI=1S/C10H20N2O3S/c1-8(6-11)5-10(13)12-7-9-3-2-4-16(9,14)15/h8-9H,2-7,11H2,1H3,(H,12,13). The van der Waals surface area contributed by atoms with Crippen LogP contribution in [0.15, 0.2) is 0 Å². The molecule has 0 aromatic rings. The summed E-state index contributed by atoms with van der Waals surface area (Å²) < 4.78 is 23.0. The highest BCUT2D eigenvalue weighted by Crippen LogP contribution is 2.19. The first-order chi connectivity index (χ1) is 7.45. The van der Waals surface area contributed by atoms with E-state index in [9.17, 15) is 13.2 Å². The minimum Gasteiger partial charge on any atom is -0.355 e. The molecule has 1 heterocycles. The van der Waals surface area contributed by atoms with Crippen LogP contribution in [-0.2, 0) is 14.6 Å². The van der Waals surface area contributed by atoms with Crippen LogP contribution >= 0.6 is 0 Å². The molecule has 94 valence electrons. The minimum absolute atomic E-state index is 0.111. The van der Waals surface area contributed by atoms with Gasteiger partial charge in [-0.05, 0) is 25.3 Å². The molecular weight excluding hydrogens is 228 g/mol. The molecule has 0 saturated carbocycles. The predicted molar refractivity (Wildman–Crippen MR) is 62.7 cm³/mol. The summed E-state index contributed by atoms with van der Waals surface area (Å²) in [6.07, 6.45) is 1.74. The Hall–Kier alpha value is -0.620. The van der Waals surface area contributed by atoms with Gasteiger partial charge in [-0.25, -0.2) is 8.42 Å². The van der Waals surface area contributed by atoms with Crippen LogP contribution in [0.1, 0.15) is 26.2 Å². The topological polar surface area (TPSA) is 89.3 Å². The summed E-state index contributed by atoms with van der Waals surface area (Å²) in [6.45, 7) is 2.61. The first-order valence-electron chi connectivity index (χ1n) is 5.64. The highest BCUT2D eigenvalue weighted by atomic mass is 32.2. The highest BCUT2D eigenvalue weighted by Gasteiger charge is 2.31. The molecule has 0 bridgehead atoms. The van der Waals surface area contributed by atoms with Crippen LogP contribution in [0.5, 0.6) is 0 Å². The van der Waals surface area contributed by atoms with Crippen LogP contribution in [0.3, 0.4) is 0 Å². The normalized spacial score (nSPS) is 25.2. The first-order valence-corrected chi connectivity index (χ1v) is 7.35. The van der Waals surface area contributed by atoms with E-state index in [0.29, 0.717) is 25.8 Å². The lowest BCUT2D eigenvalue weighted by Gasteiger charge is -2.12. The summed E-state index contributed by atoms with van der Waals surface area (Å²) in [5.41, 5.74) is 5.41. The van der Waals surface area contributed by atoms with Crippen molar-refractivity contribution in [1.29, 1.82) is 0 Å². The van der Waals surface area contributed by atoms with Crippen LogP contribution in [0.2, 0.25) is 0 Å². The van der Waals surface area contributed by atoms with E-state index in [2.05, 4.69) is 5.32 Å². The number of nitrogens with one attached hydrogen (secondary N) is 1. The summed E-state index contributed by atoms with van der Waals surface area (Å²) in [5, 5.41) is 2.29. The van der Waals surface area contributed by atoms with E-state index < -0.39 is 9.84 Å². The third-order valence-electron chi connectivity index (χ3n) is 2.93. The zero-order valence-corrected chi connectivity index (χ0v) is 10.4. The largest absolute Gasteiger partial charge is 0.355 e. The van der Waals surface area contributed by atoms with E-state index in [4.69, 9.17) is 5.73 Å². The quantitative estimate of drug-likeness (QED) is 0.697. The molecule has 6 heteroatoms. The molecule has 2 unspecified atom stereocenters. The van der Waals surface area contributed by atoms with Crippen molar-refractivity contribution in [2.45, 2.75) is 31.4 Å². The summed E-state index contributed by atoms with van der Waals surface area (Å²) in [5.74, 6) is 0.285. The summed E-state index contributed by atoms with van der Waals surface area (Å²) in [7, 11) is -2.96. The van der Waals surface area contributed by atoms with Crippen molar-refractivity contribution in [1.82, 2.24) is 5.32 Å². The SMILES string of the molecule is CC(CN)CC(=O)NCC1CCCS1(=O)=O. The Balaban J connectivity index is 2.32. The number of hydrogen-bond acceptors (Lipinski definition) is 4. The van der Waals surface area contributed by atoms with Gasteiger partial charge in [0.15, 0.2) is 9.84 Å². The zero-order valence-electron chi connectivity index (χ0n) is 9.61. The molecule has 1 aliphatic heterocycles. The molecule has 1 amide bonds. The molecule has 2 atom stereocenters. The van der Waals surface area contributed by atoms with Crippen molar-refractivity contribution >= 4 is 15.7 Å². The van der Waals surface area contributed by atoms with E-state index in [0.717, 1.165) is 0 Å². The predicted octanol–water partition coefficient (Wildman–Crippen LogP) is -0.335. The lowest BCUT2D eigenvalue weighted by atomic mass is 10.1. The molecule has 0 aliphatic carbocycles. The maximum absolute atomic E-state index is 11.5. The fourth-order valence-corrected chi connectivity index (χ4v) is 3.55. The van der Waals surface area contributed by atoms with Crippen molar-refractivity contribution < 1.29 is 13.2 Å².